The zero-order valence-electron chi connectivity index (χ0n) is 18.1. The maximum atomic E-state index is 13.3. The first-order valence-corrected chi connectivity index (χ1v) is 12.0. The van der Waals surface area contributed by atoms with Gasteiger partial charge in [0.25, 0.3) is 21.6 Å². The van der Waals surface area contributed by atoms with Crippen molar-refractivity contribution in [2.24, 2.45) is 5.10 Å². The van der Waals surface area contributed by atoms with E-state index in [1.165, 1.54) is 55.6 Å². The van der Waals surface area contributed by atoms with E-state index < -0.39 is 27.4 Å². The standard InChI is InChI=1S/C22H18Cl2N4O6S/c1-34-21-10-8-17(28(30)31)11-15(21)13-25-26-22(29)14-27(16-7-9-19(23)20(24)12-16)35(32,33)18-5-3-2-4-6-18/h2-13H,14H2,1H3,(H,26,29)/b25-13-. The van der Waals surface area contributed by atoms with Gasteiger partial charge in [-0.3, -0.25) is 19.2 Å². The van der Waals surface area contributed by atoms with Crippen LogP contribution in [0.1, 0.15) is 5.56 Å². The summed E-state index contributed by atoms with van der Waals surface area (Å²) in [6.07, 6.45) is 1.15. The van der Waals surface area contributed by atoms with Crippen LogP contribution in [0.5, 0.6) is 5.75 Å². The number of amides is 1. The van der Waals surface area contributed by atoms with Crippen LogP contribution in [0.15, 0.2) is 76.7 Å². The van der Waals surface area contributed by atoms with E-state index in [1.807, 2.05) is 0 Å². The number of sulfonamides is 1. The average molecular weight is 537 g/mol. The van der Waals surface area contributed by atoms with Crippen molar-refractivity contribution in [1.29, 1.82) is 0 Å². The summed E-state index contributed by atoms with van der Waals surface area (Å²) >= 11 is 12.0. The molecule has 0 aromatic heterocycles. The summed E-state index contributed by atoms with van der Waals surface area (Å²) in [6.45, 7) is -0.640. The maximum absolute atomic E-state index is 13.3. The van der Waals surface area contributed by atoms with E-state index in [2.05, 4.69) is 10.5 Å². The summed E-state index contributed by atoms with van der Waals surface area (Å²) in [5, 5.41) is 15.1. The van der Waals surface area contributed by atoms with Gasteiger partial charge in [0, 0.05) is 17.7 Å². The molecule has 0 bridgehead atoms. The lowest BCUT2D eigenvalue weighted by Crippen LogP contribution is -2.39. The van der Waals surface area contributed by atoms with Crippen LogP contribution in [-0.4, -0.2) is 39.1 Å². The smallest absolute Gasteiger partial charge is 0.270 e. The summed E-state index contributed by atoms with van der Waals surface area (Å²) in [7, 11) is -2.78. The molecule has 0 fully saturated rings. The van der Waals surface area contributed by atoms with Crippen molar-refractivity contribution < 1.29 is 22.9 Å². The van der Waals surface area contributed by atoms with Crippen LogP contribution < -0.4 is 14.5 Å². The molecule has 0 saturated carbocycles. The van der Waals surface area contributed by atoms with Gasteiger partial charge in [-0.05, 0) is 36.4 Å². The third kappa shape index (κ3) is 6.27. The maximum Gasteiger partial charge on any atom is 0.270 e. The number of methoxy groups -OCH3 is 1. The minimum absolute atomic E-state index is 0.0382. The summed E-state index contributed by atoms with van der Waals surface area (Å²) in [5.74, 6) is -0.492. The number of benzene rings is 3. The molecule has 1 amide bonds. The number of nitro benzene ring substituents is 1. The lowest BCUT2D eigenvalue weighted by molar-refractivity contribution is -0.384. The molecule has 0 saturated heterocycles. The highest BCUT2D eigenvalue weighted by Crippen LogP contribution is 2.30. The second-order valence-corrected chi connectivity index (χ2v) is 9.58. The number of ether oxygens (including phenoxy) is 1. The SMILES string of the molecule is COc1ccc([N+](=O)[O-])cc1/C=N\NC(=O)CN(c1ccc(Cl)c(Cl)c1)S(=O)(=O)c1ccccc1. The molecule has 3 aromatic carbocycles. The Kier molecular flexibility index (Phi) is 8.28. The van der Waals surface area contributed by atoms with Gasteiger partial charge in [-0.2, -0.15) is 5.10 Å². The summed E-state index contributed by atoms with van der Waals surface area (Å²) in [5.41, 5.74) is 2.37. The molecule has 0 spiro atoms. The predicted octanol–water partition coefficient (Wildman–Crippen LogP) is 4.26. The van der Waals surface area contributed by atoms with Gasteiger partial charge in [0.05, 0.1) is 38.9 Å². The molecular formula is C22H18Cl2N4O6S. The molecule has 1 N–H and O–H groups in total. The highest BCUT2D eigenvalue weighted by atomic mass is 35.5. The van der Waals surface area contributed by atoms with Crippen LogP contribution >= 0.6 is 23.2 Å². The van der Waals surface area contributed by atoms with Gasteiger partial charge in [-0.1, -0.05) is 41.4 Å². The van der Waals surface area contributed by atoms with Gasteiger partial charge in [0.1, 0.15) is 12.3 Å². The Morgan fingerprint density at radius 1 is 1.11 bits per heavy atom. The molecule has 0 unspecified atom stereocenters. The molecule has 0 aliphatic rings. The first kappa shape index (κ1) is 25.9. The predicted molar refractivity (Wildman–Crippen MR) is 133 cm³/mol. The zero-order valence-corrected chi connectivity index (χ0v) is 20.4. The number of nitrogens with one attached hydrogen (secondary N) is 1. The second kappa shape index (κ2) is 11.2. The van der Waals surface area contributed by atoms with E-state index in [9.17, 15) is 23.3 Å². The Labute approximate surface area is 210 Å². The number of hydrazone groups is 1. The normalized spacial score (nSPS) is 11.3. The van der Waals surface area contributed by atoms with Gasteiger partial charge in [-0.15, -0.1) is 0 Å². The molecule has 0 radical (unpaired) electrons. The van der Waals surface area contributed by atoms with Crippen LogP contribution in [0.2, 0.25) is 10.0 Å². The monoisotopic (exact) mass is 536 g/mol. The highest BCUT2D eigenvalue weighted by Gasteiger charge is 2.27. The Morgan fingerprint density at radius 2 is 1.83 bits per heavy atom. The molecule has 0 aliphatic heterocycles. The van der Waals surface area contributed by atoms with E-state index in [-0.39, 0.29) is 37.6 Å². The number of hydrogen-bond acceptors (Lipinski definition) is 7. The van der Waals surface area contributed by atoms with Gasteiger partial charge in [0.2, 0.25) is 0 Å². The molecule has 35 heavy (non-hydrogen) atoms. The van der Waals surface area contributed by atoms with Gasteiger partial charge >= 0.3 is 0 Å². The molecule has 3 aromatic rings. The number of nitrogens with zero attached hydrogens (tertiary/aromatic N) is 3. The number of non-ortho nitro benzene ring substituents is 1. The van der Waals surface area contributed by atoms with Crippen LogP contribution in [0.3, 0.4) is 0 Å². The third-order valence-electron chi connectivity index (χ3n) is 4.63. The van der Waals surface area contributed by atoms with Crippen molar-refractivity contribution in [1.82, 2.24) is 5.43 Å². The molecule has 0 heterocycles. The molecule has 0 aliphatic carbocycles. The lowest BCUT2D eigenvalue weighted by atomic mass is 10.2. The Morgan fingerprint density at radius 3 is 2.46 bits per heavy atom. The van der Waals surface area contributed by atoms with Gasteiger partial charge in [-0.25, -0.2) is 13.8 Å². The number of nitro groups is 1. The number of anilines is 1. The molecular weight excluding hydrogens is 519 g/mol. The fraction of sp³-hybridized carbons (Fsp3) is 0.0909. The van der Waals surface area contributed by atoms with Crippen LogP contribution in [-0.2, 0) is 14.8 Å². The Hall–Kier alpha value is -3.67. The zero-order chi connectivity index (χ0) is 25.6. The molecule has 0 atom stereocenters. The van der Waals surface area contributed by atoms with Crippen molar-refractivity contribution in [3.63, 3.8) is 0 Å². The van der Waals surface area contributed by atoms with Crippen molar-refractivity contribution >= 4 is 56.7 Å². The number of carbonyl (C=O) groups is 1. The lowest BCUT2D eigenvalue weighted by Gasteiger charge is -2.24. The van der Waals surface area contributed by atoms with E-state index in [1.54, 1.807) is 18.2 Å². The highest BCUT2D eigenvalue weighted by molar-refractivity contribution is 7.92. The summed E-state index contributed by atoms with van der Waals surface area (Å²) in [4.78, 5) is 23.0. The summed E-state index contributed by atoms with van der Waals surface area (Å²) < 4.78 is 32.6. The van der Waals surface area contributed by atoms with E-state index in [0.717, 1.165) is 10.5 Å². The van der Waals surface area contributed by atoms with Crippen molar-refractivity contribution in [2.75, 3.05) is 18.0 Å². The molecule has 13 heteroatoms. The molecule has 182 valence electrons. The molecule has 10 nitrogen and oxygen atoms in total. The number of carbonyl (C=O) groups excluding carboxylic acids is 1. The molecule has 3 rings (SSSR count). The van der Waals surface area contributed by atoms with Gasteiger partial charge in [0.15, 0.2) is 0 Å². The fourth-order valence-electron chi connectivity index (χ4n) is 2.95. The third-order valence-corrected chi connectivity index (χ3v) is 7.15. The van der Waals surface area contributed by atoms with Crippen molar-refractivity contribution in [3.05, 3.63) is 92.5 Å². The van der Waals surface area contributed by atoms with Crippen molar-refractivity contribution in [2.45, 2.75) is 4.90 Å². The minimum Gasteiger partial charge on any atom is -0.496 e. The quantitative estimate of drug-likeness (QED) is 0.247. The number of rotatable bonds is 9. The van der Waals surface area contributed by atoms with Crippen LogP contribution in [0, 0.1) is 10.1 Å². The minimum atomic E-state index is -4.16. The number of hydrogen-bond donors (Lipinski definition) is 1. The van der Waals surface area contributed by atoms with Crippen LogP contribution in [0.25, 0.3) is 0 Å². The largest absolute Gasteiger partial charge is 0.496 e. The van der Waals surface area contributed by atoms with Gasteiger partial charge < -0.3 is 4.74 Å². The van der Waals surface area contributed by atoms with E-state index in [0.29, 0.717) is 0 Å². The van der Waals surface area contributed by atoms with E-state index >= 15 is 0 Å². The van der Waals surface area contributed by atoms with Crippen LogP contribution in [0.4, 0.5) is 11.4 Å². The fourth-order valence-corrected chi connectivity index (χ4v) is 4.68. The first-order chi connectivity index (χ1) is 16.6. The second-order valence-electron chi connectivity index (χ2n) is 6.90. The topological polar surface area (TPSA) is 131 Å². The summed E-state index contributed by atoms with van der Waals surface area (Å²) in [6, 6.07) is 15.6. The number of halogens is 2. The Bertz CT molecular complexity index is 1380. The Balaban J connectivity index is 1.87. The first-order valence-electron chi connectivity index (χ1n) is 9.80. The average Bonchev–Trinajstić information content (AvgIpc) is 2.84. The van der Waals surface area contributed by atoms with E-state index in [4.69, 9.17) is 27.9 Å². The van der Waals surface area contributed by atoms with Crippen molar-refractivity contribution in [3.8, 4) is 5.75 Å².